The summed E-state index contributed by atoms with van der Waals surface area (Å²) in [6.07, 6.45) is 6.77. The van der Waals surface area contributed by atoms with E-state index in [2.05, 4.69) is 10.3 Å². The molecule has 0 amide bonds. The molecule has 20 heavy (non-hydrogen) atoms. The molecule has 2 aromatic rings. The maximum atomic E-state index is 13.2. The summed E-state index contributed by atoms with van der Waals surface area (Å²) in [4.78, 5) is 4.51. The molecule has 1 heterocycles. The van der Waals surface area contributed by atoms with Gasteiger partial charge in [-0.1, -0.05) is 24.4 Å². The van der Waals surface area contributed by atoms with Gasteiger partial charge in [0.05, 0.1) is 16.4 Å². The van der Waals surface area contributed by atoms with Crippen LogP contribution in [0.4, 0.5) is 10.3 Å². The molecular formula is C15H17ClFN3. The minimum absolute atomic E-state index is 0.333. The van der Waals surface area contributed by atoms with Crippen LogP contribution in [-0.2, 0) is 0 Å². The lowest BCUT2D eigenvalue weighted by Gasteiger charge is -2.15. The third-order valence-corrected chi connectivity index (χ3v) is 3.99. The van der Waals surface area contributed by atoms with Crippen LogP contribution in [0.3, 0.4) is 0 Å². The highest BCUT2D eigenvalue weighted by Gasteiger charge is 2.18. The maximum Gasteiger partial charge on any atom is 0.208 e. The Morgan fingerprint density at radius 1 is 1.35 bits per heavy atom. The van der Waals surface area contributed by atoms with Crippen LogP contribution in [0.2, 0.25) is 5.02 Å². The summed E-state index contributed by atoms with van der Waals surface area (Å²) in [7, 11) is 0. The fourth-order valence-corrected chi connectivity index (χ4v) is 2.97. The lowest BCUT2D eigenvalue weighted by atomic mass is 10.2. The van der Waals surface area contributed by atoms with E-state index < -0.39 is 0 Å². The zero-order valence-electron chi connectivity index (χ0n) is 11.4. The first-order valence-corrected chi connectivity index (χ1v) is 7.29. The highest BCUT2D eigenvalue weighted by molar-refractivity contribution is 6.32. The molecule has 0 bridgehead atoms. The number of halogens is 2. The van der Waals surface area contributed by atoms with Gasteiger partial charge in [-0.05, 0) is 38.0 Å². The van der Waals surface area contributed by atoms with E-state index in [0.29, 0.717) is 11.1 Å². The van der Waals surface area contributed by atoms with E-state index >= 15 is 0 Å². The van der Waals surface area contributed by atoms with E-state index in [1.807, 2.05) is 17.7 Å². The summed E-state index contributed by atoms with van der Waals surface area (Å²) in [6, 6.07) is 4.88. The van der Waals surface area contributed by atoms with Crippen LogP contribution in [0.1, 0.15) is 31.4 Å². The van der Waals surface area contributed by atoms with Crippen LogP contribution in [0.5, 0.6) is 0 Å². The minimum atomic E-state index is -0.333. The Morgan fingerprint density at radius 2 is 2.10 bits per heavy atom. The summed E-state index contributed by atoms with van der Waals surface area (Å²) >= 11 is 6.15. The van der Waals surface area contributed by atoms with Gasteiger partial charge < -0.3 is 5.32 Å². The van der Waals surface area contributed by atoms with Gasteiger partial charge in [0, 0.05) is 12.2 Å². The fourth-order valence-electron chi connectivity index (χ4n) is 2.71. The second-order valence-corrected chi connectivity index (χ2v) is 5.70. The van der Waals surface area contributed by atoms with E-state index in [-0.39, 0.29) is 5.82 Å². The number of hydrogen-bond acceptors (Lipinski definition) is 2. The SMILES string of the molecule is Cc1cn(-c2ccc(F)cc2Cl)c(NC2CCCC2)n1. The van der Waals surface area contributed by atoms with Crippen molar-refractivity contribution in [2.75, 3.05) is 5.32 Å². The van der Waals surface area contributed by atoms with E-state index in [1.165, 1.54) is 37.8 Å². The standard InChI is InChI=1S/C15H17ClFN3/c1-10-9-20(14-7-6-11(17)8-13(14)16)15(18-10)19-12-4-2-3-5-12/h6-9,12H,2-5H2,1H3,(H,18,19). The Labute approximate surface area is 122 Å². The number of aryl methyl sites for hydroxylation is 1. The third kappa shape index (κ3) is 2.66. The summed E-state index contributed by atoms with van der Waals surface area (Å²) in [5, 5.41) is 3.86. The largest absolute Gasteiger partial charge is 0.353 e. The van der Waals surface area contributed by atoms with Crippen LogP contribution >= 0.6 is 11.6 Å². The average Bonchev–Trinajstić information content (AvgIpc) is 3.00. The first-order valence-electron chi connectivity index (χ1n) is 6.91. The molecule has 1 N–H and O–H groups in total. The summed E-state index contributed by atoms with van der Waals surface area (Å²) in [6.45, 7) is 1.94. The minimum Gasteiger partial charge on any atom is -0.353 e. The maximum absolute atomic E-state index is 13.2. The first-order chi connectivity index (χ1) is 9.63. The van der Waals surface area contributed by atoms with Crippen molar-refractivity contribution in [3.05, 3.63) is 40.9 Å². The topological polar surface area (TPSA) is 29.9 Å². The Balaban J connectivity index is 1.95. The Morgan fingerprint density at radius 3 is 2.80 bits per heavy atom. The summed E-state index contributed by atoms with van der Waals surface area (Å²) < 4.78 is 15.1. The van der Waals surface area contributed by atoms with Crippen molar-refractivity contribution in [2.24, 2.45) is 0 Å². The molecule has 0 saturated heterocycles. The van der Waals surface area contributed by atoms with Crippen LogP contribution < -0.4 is 5.32 Å². The van der Waals surface area contributed by atoms with Gasteiger partial charge in [0.15, 0.2) is 0 Å². The highest BCUT2D eigenvalue weighted by atomic mass is 35.5. The predicted molar refractivity (Wildman–Crippen MR) is 79.1 cm³/mol. The number of nitrogens with one attached hydrogen (secondary N) is 1. The molecule has 1 saturated carbocycles. The summed E-state index contributed by atoms with van der Waals surface area (Å²) in [5.41, 5.74) is 1.65. The van der Waals surface area contributed by atoms with Gasteiger partial charge in [0.1, 0.15) is 5.82 Å². The lowest BCUT2D eigenvalue weighted by Crippen LogP contribution is -2.17. The fraction of sp³-hybridized carbons (Fsp3) is 0.400. The van der Waals surface area contributed by atoms with E-state index in [1.54, 1.807) is 6.07 Å². The van der Waals surface area contributed by atoms with Crippen molar-refractivity contribution in [2.45, 2.75) is 38.6 Å². The molecule has 0 spiro atoms. The molecular weight excluding hydrogens is 277 g/mol. The van der Waals surface area contributed by atoms with Gasteiger partial charge in [-0.25, -0.2) is 9.37 Å². The van der Waals surface area contributed by atoms with Gasteiger partial charge in [-0.2, -0.15) is 0 Å². The number of hydrogen-bond donors (Lipinski definition) is 1. The molecule has 0 atom stereocenters. The van der Waals surface area contributed by atoms with Crippen molar-refractivity contribution in [1.82, 2.24) is 9.55 Å². The van der Waals surface area contributed by atoms with E-state index in [0.717, 1.165) is 17.3 Å². The molecule has 0 unspecified atom stereocenters. The van der Waals surface area contributed by atoms with Crippen LogP contribution in [0, 0.1) is 12.7 Å². The quantitative estimate of drug-likeness (QED) is 0.913. The molecule has 1 aromatic heterocycles. The normalized spacial score (nSPS) is 15.8. The van der Waals surface area contributed by atoms with Crippen molar-refractivity contribution >= 4 is 17.5 Å². The van der Waals surface area contributed by atoms with Gasteiger partial charge in [-0.15, -0.1) is 0 Å². The number of anilines is 1. The molecule has 1 aromatic carbocycles. The van der Waals surface area contributed by atoms with E-state index in [4.69, 9.17) is 11.6 Å². The molecule has 1 fully saturated rings. The first kappa shape index (κ1) is 13.4. The van der Waals surface area contributed by atoms with E-state index in [9.17, 15) is 4.39 Å². The Kier molecular flexibility index (Phi) is 3.66. The molecule has 5 heteroatoms. The third-order valence-electron chi connectivity index (χ3n) is 3.68. The van der Waals surface area contributed by atoms with Gasteiger partial charge in [-0.3, -0.25) is 4.57 Å². The highest BCUT2D eigenvalue weighted by Crippen LogP contribution is 2.27. The molecule has 3 rings (SSSR count). The van der Waals surface area contributed by atoms with Crippen molar-refractivity contribution in [1.29, 1.82) is 0 Å². The van der Waals surface area contributed by atoms with Crippen LogP contribution in [0.15, 0.2) is 24.4 Å². The van der Waals surface area contributed by atoms with Gasteiger partial charge in [0.2, 0.25) is 5.95 Å². The predicted octanol–water partition coefficient (Wildman–Crippen LogP) is 4.33. The zero-order chi connectivity index (χ0) is 14.1. The molecule has 1 aliphatic rings. The summed E-state index contributed by atoms with van der Waals surface area (Å²) in [5.74, 6) is 0.448. The monoisotopic (exact) mass is 293 g/mol. The second kappa shape index (κ2) is 5.44. The average molecular weight is 294 g/mol. The van der Waals surface area contributed by atoms with Crippen molar-refractivity contribution < 1.29 is 4.39 Å². The lowest BCUT2D eigenvalue weighted by molar-refractivity contribution is 0.627. The molecule has 106 valence electrons. The van der Waals surface area contributed by atoms with Crippen molar-refractivity contribution in [3.8, 4) is 5.69 Å². The number of imidazole rings is 1. The van der Waals surface area contributed by atoms with Crippen molar-refractivity contribution in [3.63, 3.8) is 0 Å². The second-order valence-electron chi connectivity index (χ2n) is 5.30. The smallest absolute Gasteiger partial charge is 0.208 e. The zero-order valence-corrected chi connectivity index (χ0v) is 12.1. The molecule has 0 radical (unpaired) electrons. The van der Waals surface area contributed by atoms with Crippen LogP contribution in [0.25, 0.3) is 5.69 Å². The van der Waals surface area contributed by atoms with Gasteiger partial charge in [0.25, 0.3) is 0 Å². The molecule has 1 aliphatic carbocycles. The van der Waals surface area contributed by atoms with Gasteiger partial charge >= 0.3 is 0 Å². The Bertz CT molecular complexity index is 618. The number of aromatic nitrogens is 2. The molecule has 3 nitrogen and oxygen atoms in total. The number of nitrogens with zero attached hydrogens (tertiary/aromatic N) is 2. The Hall–Kier alpha value is -1.55. The number of benzene rings is 1. The van der Waals surface area contributed by atoms with Crippen LogP contribution in [-0.4, -0.2) is 15.6 Å². The molecule has 0 aliphatic heterocycles. The number of rotatable bonds is 3.